The number of hydrogen-bond donors (Lipinski definition) is 0. The molecule has 0 aromatic rings. The van der Waals surface area contributed by atoms with Crippen molar-refractivity contribution in [2.75, 3.05) is 19.3 Å². The first-order valence-corrected chi connectivity index (χ1v) is 3.75. The summed E-state index contributed by atoms with van der Waals surface area (Å²) in [6.07, 6.45) is 0. The molecule has 1 saturated heterocycles. The first-order valence-electron chi connectivity index (χ1n) is 2.77. The van der Waals surface area contributed by atoms with Crippen LogP contribution in [0.2, 0.25) is 0 Å². The lowest BCUT2D eigenvalue weighted by molar-refractivity contribution is -0.485. The quantitative estimate of drug-likeness (QED) is 0.407. The largest absolute Gasteiger partial charge is 0.348 e. The maximum absolute atomic E-state index is 9.88. The molecule has 10 heavy (non-hydrogen) atoms. The van der Waals surface area contributed by atoms with E-state index in [1.807, 2.05) is 0 Å². The van der Waals surface area contributed by atoms with Crippen LogP contribution in [0.25, 0.3) is 0 Å². The number of hydrazone groups is 1. The van der Waals surface area contributed by atoms with Crippen molar-refractivity contribution in [3.05, 3.63) is 10.1 Å². The Balaban J connectivity index is 2.62. The summed E-state index contributed by atoms with van der Waals surface area (Å²) in [4.78, 5) is 11.7. The summed E-state index contributed by atoms with van der Waals surface area (Å²) in [6.45, 7) is 0.845. The van der Waals surface area contributed by atoms with Crippen molar-refractivity contribution < 1.29 is 5.03 Å². The van der Waals surface area contributed by atoms with Gasteiger partial charge in [0.15, 0.2) is 5.03 Å². The fourth-order valence-electron chi connectivity index (χ4n) is 0.655. The highest BCUT2D eigenvalue weighted by molar-refractivity contribution is 8.14. The molecule has 0 amide bonds. The Bertz CT molecular complexity index is 181. The monoisotopic (exact) mass is 161 g/mol. The molecular weight excluding hydrogens is 154 g/mol. The highest BCUT2D eigenvalue weighted by Gasteiger charge is 2.18. The lowest BCUT2D eigenvalue weighted by Gasteiger charge is -2.04. The lowest BCUT2D eigenvalue weighted by Crippen LogP contribution is -2.19. The van der Waals surface area contributed by atoms with E-state index in [0.29, 0.717) is 5.17 Å². The molecule has 0 atom stereocenters. The average Bonchev–Trinajstić information content (AvgIpc) is 2.15. The van der Waals surface area contributed by atoms with Gasteiger partial charge in [-0.15, -0.1) is 0 Å². The maximum atomic E-state index is 9.88. The summed E-state index contributed by atoms with van der Waals surface area (Å²) in [5, 5.41) is 12.9. The molecule has 1 aliphatic rings. The van der Waals surface area contributed by atoms with Gasteiger partial charge in [-0.3, -0.25) is 0 Å². The Kier molecular flexibility index (Phi) is 2.10. The first-order chi connectivity index (χ1) is 4.70. The van der Waals surface area contributed by atoms with Crippen molar-refractivity contribution in [1.29, 1.82) is 0 Å². The van der Waals surface area contributed by atoms with Gasteiger partial charge in [0.05, 0.1) is 5.10 Å². The first kappa shape index (κ1) is 7.33. The second-order valence-electron chi connectivity index (χ2n) is 1.89. The predicted octanol–water partition coefficient (Wildman–Crippen LogP) is 0.213. The Morgan fingerprint density at radius 1 is 1.90 bits per heavy atom. The fourth-order valence-corrected chi connectivity index (χ4v) is 1.64. The van der Waals surface area contributed by atoms with E-state index >= 15 is 0 Å². The molecule has 56 valence electrons. The molecule has 0 saturated carbocycles. The zero-order chi connectivity index (χ0) is 7.56. The number of thioether (sulfide) groups is 1. The van der Waals surface area contributed by atoms with Crippen molar-refractivity contribution in [3.63, 3.8) is 0 Å². The van der Waals surface area contributed by atoms with Crippen LogP contribution in [0.4, 0.5) is 0 Å². The second-order valence-corrected chi connectivity index (χ2v) is 2.95. The van der Waals surface area contributed by atoms with Gasteiger partial charge in [-0.25, -0.2) is 10.1 Å². The van der Waals surface area contributed by atoms with E-state index in [0.717, 1.165) is 12.3 Å². The Morgan fingerprint density at radius 2 is 2.60 bits per heavy atom. The molecule has 0 spiro atoms. The van der Waals surface area contributed by atoms with Gasteiger partial charge in [-0.05, 0) is 0 Å². The molecule has 1 heterocycles. The van der Waals surface area contributed by atoms with E-state index in [2.05, 4.69) is 5.10 Å². The van der Waals surface area contributed by atoms with Gasteiger partial charge in [0.1, 0.15) is 0 Å². The zero-order valence-corrected chi connectivity index (χ0v) is 6.30. The van der Waals surface area contributed by atoms with E-state index in [1.54, 1.807) is 11.9 Å². The van der Waals surface area contributed by atoms with E-state index in [4.69, 9.17) is 0 Å². The fraction of sp³-hybridized carbons (Fsp3) is 0.750. The minimum Gasteiger partial charge on any atom is -0.348 e. The molecule has 0 radical (unpaired) electrons. The van der Waals surface area contributed by atoms with Crippen LogP contribution in [0.5, 0.6) is 0 Å². The van der Waals surface area contributed by atoms with Crippen LogP contribution in [0.1, 0.15) is 0 Å². The summed E-state index contributed by atoms with van der Waals surface area (Å²) in [5.74, 6) is 0.892. The highest BCUT2D eigenvalue weighted by Crippen LogP contribution is 2.15. The van der Waals surface area contributed by atoms with E-state index in [-0.39, 0.29) is 0 Å². The number of nitro groups is 1. The number of hydrogen-bond acceptors (Lipinski definition) is 3. The highest BCUT2D eigenvalue weighted by atomic mass is 32.2. The smallest absolute Gasteiger partial charge is 0.237 e. The van der Waals surface area contributed by atoms with Crippen molar-refractivity contribution in [3.8, 4) is 0 Å². The van der Waals surface area contributed by atoms with Gasteiger partial charge in [-0.2, -0.15) is 0 Å². The van der Waals surface area contributed by atoms with Gasteiger partial charge in [0, 0.05) is 19.3 Å². The minimum absolute atomic E-state index is 0.505. The van der Waals surface area contributed by atoms with Gasteiger partial charge in [-0.1, -0.05) is 11.8 Å². The molecule has 0 bridgehead atoms. The molecule has 0 aliphatic carbocycles. The normalized spacial score (nSPS) is 22.1. The van der Waals surface area contributed by atoms with Crippen LogP contribution < -0.4 is 0 Å². The molecule has 0 unspecified atom stereocenters. The molecule has 6 heteroatoms. The van der Waals surface area contributed by atoms with Gasteiger partial charge >= 0.3 is 0 Å². The van der Waals surface area contributed by atoms with Crippen LogP contribution in [-0.2, 0) is 0 Å². The summed E-state index contributed by atoms with van der Waals surface area (Å²) < 4.78 is 0. The molecule has 1 fully saturated rings. The number of nitrogens with zero attached hydrogens (tertiary/aromatic N) is 3. The third kappa shape index (κ3) is 1.60. The van der Waals surface area contributed by atoms with Crippen LogP contribution in [0, 0.1) is 10.1 Å². The summed E-state index contributed by atoms with van der Waals surface area (Å²) in [5.41, 5.74) is 0. The predicted molar refractivity (Wildman–Crippen MR) is 39.5 cm³/mol. The van der Waals surface area contributed by atoms with Gasteiger partial charge < -0.3 is 4.90 Å². The topological polar surface area (TPSA) is 58.7 Å². The molecule has 1 rings (SSSR count). The van der Waals surface area contributed by atoms with Crippen LogP contribution >= 0.6 is 11.8 Å². The zero-order valence-electron chi connectivity index (χ0n) is 5.48. The molecule has 0 aromatic carbocycles. The lowest BCUT2D eigenvalue weighted by atomic mass is 10.7. The van der Waals surface area contributed by atoms with Crippen LogP contribution in [0.15, 0.2) is 5.10 Å². The molecule has 0 aromatic heterocycles. The van der Waals surface area contributed by atoms with E-state index in [1.165, 1.54) is 11.8 Å². The molecule has 1 aliphatic heterocycles. The van der Waals surface area contributed by atoms with Gasteiger partial charge in [0.25, 0.3) is 0 Å². The summed E-state index contributed by atoms with van der Waals surface area (Å²) in [7, 11) is 1.79. The van der Waals surface area contributed by atoms with Crippen LogP contribution in [0.3, 0.4) is 0 Å². The van der Waals surface area contributed by atoms with Crippen molar-refractivity contribution in [2.24, 2.45) is 5.10 Å². The standard InChI is InChI=1S/C4H7N3O2S/c1-6-2-3-10-4(6)5-7(8)9/h2-3H2,1H3/b5-4-. The molecular formula is C4H7N3O2S. The molecule has 0 N–H and O–H groups in total. The third-order valence-electron chi connectivity index (χ3n) is 1.15. The summed E-state index contributed by atoms with van der Waals surface area (Å²) in [6, 6.07) is 0. The molecule has 5 nitrogen and oxygen atoms in total. The third-order valence-corrected chi connectivity index (χ3v) is 2.19. The Labute approximate surface area is 62.2 Å². The van der Waals surface area contributed by atoms with Crippen molar-refractivity contribution >= 4 is 16.9 Å². The van der Waals surface area contributed by atoms with E-state index < -0.39 is 5.03 Å². The maximum Gasteiger partial charge on any atom is 0.237 e. The van der Waals surface area contributed by atoms with Crippen molar-refractivity contribution in [1.82, 2.24) is 4.90 Å². The SMILES string of the molecule is CN1CCS/C1=N\[N+](=O)[O-]. The average molecular weight is 161 g/mol. The van der Waals surface area contributed by atoms with Gasteiger partial charge in [0.2, 0.25) is 5.17 Å². The summed E-state index contributed by atoms with van der Waals surface area (Å²) >= 11 is 1.41. The van der Waals surface area contributed by atoms with Crippen LogP contribution in [-0.4, -0.2) is 34.4 Å². The number of amidine groups is 1. The van der Waals surface area contributed by atoms with Crippen molar-refractivity contribution in [2.45, 2.75) is 0 Å². The Morgan fingerprint density at radius 3 is 3.00 bits per heavy atom. The number of rotatable bonds is 1. The Hall–Kier alpha value is -0.780. The second kappa shape index (κ2) is 2.87. The minimum atomic E-state index is -0.663. The van der Waals surface area contributed by atoms with E-state index in [9.17, 15) is 10.1 Å².